The Morgan fingerprint density at radius 1 is 1.35 bits per heavy atom. The van der Waals surface area contributed by atoms with Crippen LogP contribution in [0.4, 0.5) is 5.69 Å². The second kappa shape index (κ2) is 4.96. The number of benzene rings is 1. The second-order valence-corrected chi connectivity index (χ2v) is 6.97. The van der Waals surface area contributed by atoms with E-state index in [4.69, 9.17) is 0 Å². The molecule has 0 radical (unpaired) electrons. The second-order valence-electron chi connectivity index (χ2n) is 4.13. The van der Waals surface area contributed by atoms with Gasteiger partial charge in [-0.2, -0.15) is 0 Å². The van der Waals surface area contributed by atoms with Gasteiger partial charge in [0.2, 0.25) is 10.0 Å². The molecule has 1 saturated heterocycles. The van der Waals surface area contributed by atoms with Crippen LogP contribution in [0.5, 0.6) is 0 Å². The molecule has 0 unspecified atom stereocenters. The zero-order chi connectivity index (χ0) is 12.5. The van der Waals surface area contributed by atoms with Gasteiger partial charge in [-0.1, -0.05) is 15.9 Å². The lowest BCUT2D eigenvalue weighted by Gasteiger charge is -2.23. The Balaban J connectivity index is 2.23. The SMILES string of the molecule is Cc1cc(Br)ccc1N1CCNS(=O)(=O)CC1. The van der Waals surface area contributed by atoms with Crippen LogP contribution in [0.25, 0.3) is 0 Å². The molecule has 1 aromatic rings. The highest BCUT2D eigenvalue weighted by Crippen LogP contribution is 2.24. The fourth-order valence-corrected chi connectivity index (χ4v) is 3.45. The normalized spacial score (nSPS) is 20.0. The van der Waals surface area contributed by atoms with Gasteiger partial charge in [-0.3, -0.25) is 0 Å². The van der Waals surface area contributed by atoms with Crippen molar-refractivity contribution in [2.45, 2.75) is 6.92 Å². The number of nitrogens with zero attached hydrogens (tertiary/aromatic N) is 1. The van der Waals surface area contributed by atoms with Crippen molar-refractivity contribution < 1.29 is 8.42 Å². The van der Waals surface area contributed by atoms with Crippen molar-refractivity contribution in [3.8, 4) is 0 Å². The van der Waals surface area contributed by atoms with Crippen LogP contribution in [0, 0.1) is 6.92 Å². The Labute approximate surface area is 110 Å². The maximum absolute atomic E-state index is 11.4. The summed E-state index contributed by atoms with van der Waals surface area (Å²) in [5, 5.41) is 0. The first-order valence-electron chi connectivity index (χ1n) is 5.46. The molecule has 1 fully saturated rings. The highest BCUT2D eigenvalue weighted by molar-refractivity contribution is 9.10. The van der Waals surface area contributed by atoms with Crippen molar-refractivity contribution >= 4 is 31.6 Å². The molecule has 6 heteroatoms. The predicted octanol–water partition coefficient (Wildman–Crippen LogP) is 1.50. The van der Waals surface area contributed by atoms with Gasteiger partial charge in [0.15, 0.2) is 0 Å². The van der Waals surface area contributed by atoms with Gasteiger partial charge < -0.3 is 4.90 Å². The highest BCUT2D eigenvalue weighted by Gasteiger charge is 2.19. The van der Waals surface area contributed by atoms with Gasteiger partial charge >= 0.3 is 0 Å². The number of rotatable bonds is 1. The van der Waals surface area contributed by atoms with Crippen LogP contribution in [0.2, 0.25) is 0 Å². The minimum atomic E-state index is -3.08. The van der Waals surface area contributed by atoms with Gasteiger partial charge in [-0.05, 0) is 30.7 Å². The quantitative estimate of drug-likeness (QED) is 0.853. The Kier molecular flexibility index (Phi) is 3.75. The standard InChI is InChI=1S/C11H15BrN2O2S/c1-9-8-10(12)2-3-11(9)14-5-4-13-17(15,16)7-6-14/h2-3,8,13H,4-7H2,1H3. The van der Waals surface area contributed by atoms with Gasteiger partial charge in [-0.15, -0.1) is 0 Å². The Morgan fingerprint density at radius 2 is 2.12 bits per heavy atom. The fraction of sp³-hybridized carbons (Fsp3) is 0.455. The molecule has 0 spiro atoms. The van der Waals surface area contributed by atoms with Crippen LogP contribution < -0.4 is 9.62 Å². The number of halogens is 1. The predicted molar refractivity (Wildman–Crippen MR) is 72.9 cm³/mol. The summed E-state index contributed by atoms with van der Waals surface area (Å²) in [5.74, 6) is 0.155. The van der Waals surface area contributed by atoms with Gasteiger partial charge in [0.25, 0.3) is 0 Å². The Bertz CT molecular complexity index is 516. The molecule has 0 aliphatic carbocycles. The number of nitrogens with one attached hydrogen (secondary N) is 1. The highest BCUT2D eigenvalue weighted by atomic mass is 79.9. The number of anilines is 1. The molecule has 17 heavy (non-hydrogen) atoms. The minimum Gasteiger partial charge on any atom is -0.369 e. The number of aryl methyl sites for hydroxylation is 1. The minimum absolute atomic E-state index is 0.155. The molecule has 2 rings (SSSR count). The van der Waals surface area contributed by atoms with Crippen LogP contribution >= 0.6 is 15.9 Å². The lowest BCUT2D eigenvalue weighted by atomic mass is 10.2. The molecule has 1 aliphatic heterocycles. The van der Waals surface area contributed by atoms with Crippen molar-refractivity contribution in [1.82, 2.24) is 4.72 Å². The summed E-state index contributed by atoms with van der Waals surface area (Å²) in [6, 6.07) is 6.05. The first-order chi connectivity index (χ1) is 7.98. The zero-order valence-corrected chi connectivity index (χ0v) is 12.0. The van der Waals surface area contributed by atoms with Gasteiger partial charge in [0.1, 0.15) is 0 Å². The molecule has 1 heterocycles. The number of sulfonamides is 1. The van der Waals surface area contributed by atoms with E-state index in [1.54, 1.807) is 0 Å². The lowest BCUT2D eigenvalue weighted by Crippen LogP contribution is -2.28. The van der Waals surface area contributed by atoms with Crippen LogP contribution in [0.3, 0.4) is 0 Å². The molecule has 1 aliphatic rings. The molecule has 4 nitrogen and oxygen atoms in total. The van der Waals surface area contributed by atoms with E-state index < -0.39 is 10.0 Å². The first kappa shape index (κ1) is 12.9. The van der Waals surface area contributed by atoms with Crippen LogP contribution in [0.15, 0.2) is 22.7 Å². The molecule has 0 saturated carbocycles. The van der Waals surface area contributed by atoms with E-state index in [9.17, 15) is 8.42 Å². The van der Waals surface area contributed by atoms with E-state index in [0.29, 0.717) is 19.6 Å². The van der Waals surface area contributed by atoms with Crippen molar-refractivity contribution in [2.24, 2.45) is 0 Å². The largest absolute Gasteiger partial charge is 0.369 e. The third-order valence-electron chi connectivity index (χ3n) is 2.83. The molecule has 0 bridgehead atoms. The summed E-state index contributed by atoms with van der Waals surface area (Å²) in [6.45, 7) is 3.75. The summed E-state index contributed by atoms with van der Waals surface area (Å²) < 4.78 is 26.5. The van der Waals surface area contributed by atoms with Gasteiger partial charge in [0.05, 0.1) is 5.75 Å². The molecular formula is C11H15BrN2O2S. The Morgan fingerprint density at radius 3 is 2.82 bits per heavy atom. The van der Waals surface area contributed by atoms with E-state index in [2.05, 4.69) is 25.6 Å². The fourth-order valence-electron chi connectivity index (χ4n) is 1.97. The maximum Gasteiger partial charge on any atom is 0.213 e. The van der Waals surface area contributed by atoms with E-state index >= 15 is 0 Å². The molecule has 94 valence electrons. The number of hydrogen-bond acceptors (Lipinski definition) is 3. The van der Waals surface area contributed by atoms with Gasteiger partial charge in [-0.25, -0.2) is 13.1 Å². The van der Waals surface area contributed by atoms with Crippen LogP contribution in [0.1, 0.15) is 5.56 Å². The van der Waals surface area contributed by atoms with Crippen molar-refractivity contribution in [3.63, 3.8) is 0 Å². The van der Waals surface area contributed by atoms with E-state index in [-0.39, 0.29) is 5.75 Å². The Hall–Kier alpha value is -0.590. The number of hydrogen-bond donors (Lipinski definition) is 1. The van der Waals surface area contributed by atoms with Crippen molar-refractivity contribution in [2.75, 3.05) is 30.3 Å². The monoisotopic (exact) mass is 318 g/mol. The first-order valence-corrected chi connectivity index (χ1v) is 7.91. The average Bonchev–Trinajstić information content (AvgIpc) is 2.40. The molecule has 1 N–H and O–H groups in total. The topological polar surface area (TPSA) is 49.4 Å². The van der Waals surface area contributed by atoms with Gasteiger partial charge in [0, 0.05) is 29.8 Å². The molecular weight excluding hydrogens is 304 g/mol. The zero-order valence-electron chi connectivity index (χ0n) is 9.61. The summed E-state index contributed by atoms with van der Waals surface area (Å²) in [5.41, 5.74) is 2.26. The van der Waals surface area contributed by atoms with E-state index in [0.717, 1.165) is 15.7 Å². The summed E-state index contributed by atoms with van der Waals surface area (Å²) in [7, 11) is -3.08. The molecule has 0 aromatic heterocycles. The molecule has 0 atom stereocenters. The lowest BCUT2D eigenvalue weighted by molar-refractivity contribution is 0.586. The summed E-state index contributed by atoms with van der Waals surface area (Å²) in [6.07, 6.45) is 0. The van der Waals surface area contributed by atoms with E-state index in [1.807, 2.05) is 25.1 Å². The summed E-state index contributed by atoms with van der Waals surface area (Å²) in [4.78, 5) is 2.11. The summed E-state index contributed by atoms with van der Waals surface area (Å²) >= 11 is 3.43. The molecule has 1 aromatic carbocycles. The third kappa shape index (κ3) is 3.20. The average molecular weight is 319 g/mol. The van der Waals surface area contributed by atoms with E-state index in [1.165, 1.54) is 0 Å². The van der Waals surface area contributed by atoms with Crippen LogP contribution in [-0.4, -0.2) is 33.8 Å². The van der Waals surface area contributed by atoms with Crippen molar-refractivity contribution in [3.05, 3.63) is 28.2 Å². The van der Waals surface area contributed by atoms with Crippen molar-refractivity contribution in [1.29, 1.82) is 0 Å². The molecule has 0 amide bonds. The van der Waals surface area contributed by atoms with Crippen LogP contribution in [-0.2, 0) is 10.0 Å². The third-order valence-corrected chi connectivity index (χ3v) is 4.69. The maximum atomic E-state index is 11.4. The smallest absolute Gasteiger partial charge is 0.213 e.